The van der Waals surface area contributed by atoms with E-state index in [1.54, 1.807) is 4.68 Å². The molecule has 1 aromatic heterocycles. The molecule has 1 N–H and O–H groups in total. The summed E-state index contributed by atoms with van der Waals surface area (Å²) < 4.78 is 1.80. The quantitative estimate of drug-likeness (QED) is 0.469. The number of guanidine groups is 1. The fourth-order valence-electron chi connectivity index (χ4n) is 1.69. The van der Waals surface area contributed by atoms with Crippen molar-refractivity contribution in [2.75, 3.05) is 20.1 Å². The number of halogens is 1. The Labute approximate surface area is 133 Å². The smallest absolute Gasteiger partial charge is 0.193 e. The minimum atomic E-state index is 0. The Morgan fingerprint density at radius 1 is 1.47 bits per heavy atom. The predicted molar refractivity (Wildman–Crippen MR) is 91.0 cm³/mol. The van der Waals surface area contributed by atoms with E-state index in [0.29, 0.717) is 6.54 Å². The average Bonchev–Trinajstić information content (AvgIpc) is 2.77. The van der Waals surface area contributed by atoms with E-state index in [2.05, 4.69) is 41.2 Å². The van der Waals surface area contributed by atoms with E-state index in [0.717, 1.165) is 24.6 Å². The van der Waals surface area contributed by atoms with Gasteiger partial charge in [-0.05, 0) is 13.3 Å². The Morgan fingerprint density at radius 3 is 2.74 bits per heavy atom. The summed E-state index contributed by atoms with van der Waals surface area (Å²) in [6, 6.07) is 0. The largest absolute Gasteiger partial charge is 0.357 e. The molecule has 0 amide bonds. The molecule has 5 nitrogen and oxygen atoms in total. The molecule has 0 aliphatic carbocycles. The van der Waals surface area contributed by atoms with E-state index >= 15 is 0 Å². The van der Waals surface area contributed by atoms with E-state index in [-0.39, 0.29) is 24.0 Å². The molecule has 0 saturated carbocycles. The second-order valence-corrected chi connectivity index (χ2v) is 4.47. The number of aryl methyl sites for hydroxylation is 1. The third-order valence-electron chi connectivity index (χ3n) is 2.71. The first-order valence-electron chi connectivity index (χ1n) is 6.64. The van der Waals surface area contributed by atoms with Gasteiger partial charge >= 0.3 is 0 Å². The molecule has 1 heterocycles. The van der Waals surface area contributed by atoms with Crippen LogP contribution in [0.1, 0.15) is 32.3 Å². The van der Waals surface area contributed by atoms with E-state index in [4.69, 9.17) is 0 Å². The van der Waals surface area contributed by atoms with Crippen molar-refractivity contribution >= 4 is 29.9 Å². The minimum absolute atomic E-state index is 0. The van der Waals surface area contributed by atoms with Crippen LogP contribution in [0, 0.1) is 0 Å². The highest BCUT2D eigenvalue weighted by Gasteiger charge is 2.04. The first-order chi connectivity index (χ1) is 8.67. The van der Waals surface area contributed by atoms with Crippen molar-refractivity contribution in [1.82, 2.24) is 20.0 Å². The molecule has 0 saturated heterocycles. The number of unbranched alkanes of at least 4 members (excludes halogenated alkanes) is 1. The number of aromatic nitrogens is 2. The molecule has 110 valence electrons. The molecule has 0 fully saturated rings. The first-order valence-corrected chi connectivity index (χ1v) is 6.64. The number of aliphatic imine (C=N–C) groups is 1. The van der Waals surface area contributed by atoms with Crippen molar-refractivity contribution in [3.63, 3.8) is 0 Å². The Hall–Kier alpha value is -0.790. The van der Waals surface area contributed by atoms with Gasteiger partial charge in [-0.15, -0.1) is 24.0 Å². The molecule has 1 aromatic rings. The van der Waals surface area contributed by atoms with Gasteiger partial charge in [0.1, 0.15) is 0 Å². The van der Waals surface area contributed by atoms with Crippen LogP contribution in [0.15, 0.2) is 17.4 Å². The predicted octanol–water partition coefficient (Wildman–Crippen LogP) is 2.24. The summed E-state index contributed by atoms with van der Waals surface area (Å²) >= 11 is 0. The highest BCUT2D eigenvalue weighted by molar-refractivity contribution is 14.0. The van der Waals surface area contributed by atoms with Crippen molar-refractivity contribution in [2.45, 2.75) is 33.2 Å². The fraction of sp³-hybridized carbons (Fsp3) is 0.692. The van der Waals surface area contributed by atoms with Crippen molar-refractivity contribution in [1.29, 1.82) is 0 Å². The maximum absolute atomic E-state index is 4.63. The summed E-state index contributed by atoms with van der Waals surface area (Å²) in [4.78, 5) is 6.81. The fourth-order valence-corrected chi connectivity index (χ4v) is 1.69. The zero-order chi connectivity index (χ0) is 13.4. The molecular formula is C13H26IN5. The lowest BCUT2D eigenvalue weighted by atomic mass is 10.3. The Balaban J connectivity index is 0.00000324. The van der Waals surface area contributed by atoms with Crippen molar-refractivity contribution in [2.24, 2.45) is 12.0 Å². The Morgan fingerprint density at radius 2 is 2.21 bits per heavy atom. The van der Waals surface area contributed by atoms with Crippen LogP contribution in [-0.4, -0.2) is 40.8 Å². The summed E-state index contributed by atoms with van der Waals surface area (Å²) in [7, 11) is 4.01. The van der Waals surface area contributed by atoms with Crippen LogP contribution in [0.5, 0.6) is 0 Å². The van der Waals surface area contributed by atoms with Gasteiger partial charge in [-0.3, -0.25) is 4.68 Å². The van der Waals surface area contributed by atoms with Gasteiger partial charge in [-0.2, -0.15) is 5.10 Å². The Bertz CT molecular complexity index is 375. The third-order valence-corrected chi connectivity index (χ3v) is 2.71. The van der Waals surface area contributed by atoms with Gasteiger partial charge in [0, 0.05) is 38.9 Å². The van der Waals surface area contributed by atoms with Crippen LogP contribution in [0.3, 0.4) is 0 Å². The SMILES string of the molecule is CCCCN(C)C(=NCc1cnn(C)c1)NCC.I. The summed E-state index contributed by atoms with van der Waals surface area (Å²) in [5.74, 6) is 0.967. The zero-order valence-electron chi connectivity index (χ0n) is 12.4. The first kappa shape index (κ1) is 18.2. The van der Waals surface area contributed by atoms with Crippen LogP contribution in [0.4, 0.5) is 0 Å². The normalized spacial score (nSPS) is 11.1. The summed E-state index contributed by atoms with van der Waals surface area (Å²) in [5, 5.41) is 7.47. The maximum Gasteiger partial charge on any atom is 0.193 e. The maximum atomic E-state index is 4.63. The molecule has 0 bridgehead atoms. The molecule has 6 heteroatoms. The van der Waals surface area contributed by atoms with Crippen molar-refractivity contribution in [3.8, 4) is 0 Å². The van der Waals surface area contributed by atoms with Gasteiger partial charge in [0.05, 0.1) is 12.7 Å². The number of hydrogen-bond donors (Lipinski definition) is 1. The molecule has 0 radical (unpaired) electrons. The lowest BCUT2D eigenvalue weighted by molar-refractivity contribution is 0.465. The van der Waals surface area contributed by atoms with Gasteiger partial charge in [0.2, 0.25) is 0 Å². The van der Waals surface area contributed by atoms with Crippen molar-refractivity contribution < 1.29 is 0 Å². The highest BCUT2D eigenvalue weighted by atomic mass is 127. The van der Waals surface area contributed by atoms with E-state index in [1.807, 2.05) is 19.4 Å². The highest BCUT2D eigenvalue weighted by Crippen LogP contribution is 2.00. The number of nitrogens with one attached hydrogen (secondary N) is 1. The summed E-state index contributed by atoms with van der Waals surface area (Å²) in [6.45, 7) is 6.89. The van der Waals surface area contributed by atoms with Crippen LogP contribution < -0.4 is 5.32 Å². The summed E-state index contributed by atoms with van der Waals surface area (Å²) in [5.41, 5.74) is 1.14. The Kier molecular flexibility index (Phi) is 9.63. The minimum Gasteiger partial charge on any atom is -0.357 e. The molecule has 0 aliphatic heterocycles. The molecule has 1 rings (SSSR count). The molecule has 19 heavy (non-hydrogen) atoms. The van der Waals surface area contributed by atoms with E-state index in [9.17, 15) is 0 Å². The zero-order valence-corrected chi connectivity index (χ0v) is 14.7. The van der Waals surface area contributed by atoms with Crippen LogP contribution in [0.25, 0.3) is 0 Å². The number of hydrogen-bond acceptors (Lipinski definition) is 2. The standard InChI is InChI=1S/C13H25N5.HI/c1-5-7-8-17(3)13(14-6-2)15-9-12-10-16-18(4)11-12;/h10-11H,5-9H2,1-4H3,(H,14,15);1H. The van der Waals surface area contributed by atoms with Gasteiger partial charge in [0.15, 0.2) is 5.96 Å². The molecule has 0 unspecified atom stereocenters. The monoisotopic (exact) mass is 379 g/mol. The summed E-state index contributed by atoms with van der Waals surface area (Å²) in [6.07, 6.45) is 6.25. The second kappa shape index (κ2) is 10.1. The molecule has 0 spiro atoms. The van der Waals surface area contributed by atoms with Crippen LogP contribution in [0.2, 0.25) is 0 Å². The second-order valence-electron chi connectivity index (χ2n) is 4.47. The third kappa shape index (κ3) is 6.79. The topological polar surface area (TPSA) is 45.5 Å². The van der Waals surface area contributed by atoms with Gasteiger partial charge < -0.3 is 10.2 Å². The molecule has 0 aliphatic rings. The number of rotatable bonds is 6. The molecule has 0 aromatic carbocycles. The average molecular weight is 379 g/mol. The van der Waals surface area contributed by atoms with Crippen LogP contribution in [-0.2, 0) is 13.6 Å². The lowest BCUT2D eigenvalue weighted by Crippen LogP contribution is -2.39. The van der Waals surface area contributed by atoms with Gasteiger partial charge in [0.25, 0.3) is 0 Å². The van der Waals surface area contributed by atoms with Crippen molar-refractivity contribution in [3.05, 3.63) is 18.0 Å². The van der Waals surface area contributed by atoms with Gasteiger partial charge in [-0.1, -0.05) is 13.3 Å². The van der Waals surface area contributed by atoms with E-state index < -0.39 is 0 Å². The van der Waals surface area contributed by atoms with Gasteiger partial charge in [-0.25, -0.2) is 4.99 Å². The molecular weight excluding hydrogens is 353 g/mol. The lowest BCUT2D eigenvalue weighted by Gasteiger charge is -2.21. The number of nitrogens with zero attached hydrogens (tertiary/aromatic N) is 4. The van der Waals surface area contributed by atoms with E-state index in [1.165, 1.54) is 12.8 Å². The molecule has 0 atom stereocenters. The van der Waals surface area contributed by atoms with Crippen LogP contribution >= 0.6 is 24.0 Å².